The van der Waals surface area contributed by atoms with Crippen LogP contribution in [0.15, 0.2) is 41.8 Å². The van der Waals surface area contributed by atoms with E-state index in [9.17, 15) is 4.79 Å². The maximum Gasteiger partial charge on any atom is 0.270 e. The standard InChI is InChI=1S/C21H25N3OS/c1-3-24-18-7-12-26-20(18)14-19(24)21(25)23-10-8-22(9-11-23)15-17-6-4-5-16(2)13-17/h4-7,12-14H,3,8-11,15H2,1-2H3. The van der Waals surface area contributed by atoms with Crippen molar-refractivity contribution in [2.24, 2.45) is 0 Å². The normalized spacial score (nSPS) is 15.7. The van der Waals surface area contributed by atoms with Gasteiger partial charge in [0.2, 0.25) is 0 Å². The molecule has 1 aliphatic heterocycles. The molecule has 0 bridgehead atoms. The first-order valence-electron chi connectivity index (χ1n) is 9.29. The minimum absolute atomic E-state index is 0.172. The molecule has 4 nitrogen and oxygen atoms in total. The predicted octanol–water partition coefficient (Wildman–Crippen LogP) is 3.99. The number of benzene rings is 1. The van der Waals surface area contributed by atoms with E-state index in [1.165, 1.54) is 21.3 Å². The van der Waals surface area contributed by atoms with Gasteiger partial charge in [-0.3, -0.25) is 9.69 Å². The first-order chi connectivity index (χ1) is 12.7. The molecule has 0 N–H and O–H groups in total. The first kappa shape index (κ1) is 17.3. The van der Waals surface area contributed by atoms with Crippen molar-refractivity contribution < 1.29 is 4.79 Å². The van der Waals surface area contributed by atoms with Gasteiger partial charge in [0.1, 0.15) is 5.69 Å². The molecule has 1 aliphatic rings. The Morgan fingerprint density at radius 3 is 2.65 bits per heavy atom. The number of amides is 1. The summed E-state index contributed by atoms with van der Waals surface area (Å²) in [7, 11) is 0. The summed E-state index contributed by atoms with van der Waals surface area (Å²) in [5.41, 5.74) is 4.67. The minimum atomic E-state index is 0.172. The van der Waals surface area contributed by atoms with Crippen LogP contribution >= 0.6 is 11.3 Å². The molecule has 3 heterocycles. The molecule has 2 aromatic heterocycles. The van der Waals surface area contributed by atoms with Crippen LogP contribution in [-0.4, -0.2) is 46.5 Å². The lowest BCUT2D eigenvalue weighted by atomic mass is 10.1. The molecule has 3 aromatic rings. The molecule has 1 aromatic carbocycles. The summed E-state index contributed by atoms with van der Waals surface area (Å²) in [5, 5.41) is 2.09. The Morgan fingerprint density at radius 1 is 1.12 bits per heavy atom. The zero-order chi connectivity index (χ0) is 18.1. The van der Waals surface area contributed by atoms with Gasteiger partial charge in [-0.2, -0.15) is 0 Å². The van der Waals surface area contributed by atoms with Crippen LogP contribution in [0.4, 0.5) is 0 Å². The van der Waals surface area contributed by atoms with E-state index in [2.05, 4.69) is 65.1 Å². The van der Waals surface area contributed by atoms with Crippen LogP contribution < -0.4 is 0 Å². The maximum absolute atomic E-state index is 13.0. The number of rotatable bonds is 4. The summed E-state index contributed by atoms with van der Waals surface area (Å²) < 4.78 is 3.35. The van der Waals surface area contributed by atoms with Crippen LogP contribution in [0.3, 0.4) is 0 Å². The monoisotopic (exact) mass is 367 g/mol. The lowest BCUT2D eigenvalue weighted by molar-refractivity contribution is 0.0618. The van der Waals surface area contributed by atoms with Gasteiger partial charge in [0.15, 0.2) is 0 Å². The molecule has 0 radical (unpaired) electrons. The zero-order valence-corrected chi connectivity index (χ0v) is 16.3. The highest BCUT2D eigenvalue weighted by molar-refractivity contribution is 7.17. The van der Waals surface area contributed by atoms with Gasteiger partial charge in [0.25, 0.3) is 5.91 Å². The van der Waals surface area contributed by atoms with Gasteiger partial charge in [-0.25, -0.2) is 0 Å². The van der Waals surface area contributed by atoms with Crippen LogP contribution in [0.5, 0.6) is 0 Å². The molecular weight excluding hydrogens is 342 g/mol. The van der Waals surface area contributed by atoms with Crippen molar-refractivity contribution in [2.45, 2.75) is 26.9 Å². The summed E-state index contributed by atoms with van der Waals surface area (Å²) in [4.78, 5) is 17.5. The highest BCUT2D eigenvalue weighted by atomic mass is 32.1. The van der Waals surface area contributed by atoms with Gasteiger partial charge in [-0.1, -0.05) is 29.8 Å². The average molecular weight is 368 g/mol. The Balaban J connectivity index is 1.42. The van der Waals surface area contributed by atoms with Crippen molar-refractivity contribution in [1.29, 1.82) is 0 Å². The van der Waals surface area contributed by atoms with E-state index < -0.39 is 0 Å². The van der Waals surface area contributed by atoms with Crippen molar-refractivity contribution in [1.82, 2.24) is 14.4 Å². The SMILES string of the molecule is CCn1c(C(=O)N2CCN(Cc3cccc(C)c3)CC2)cc2sccc21. The Hall–Kier alpha value is -2.11. The summed E-state index contributed by atoms with van der Waals surface area (Å²) >= 11 is 1.70. The first-order valence-corrected chi connectivity index (χ1v) is 10.2. The molecule has 4 rings (SSSR count). The van der Waals surface area contributed by atoms with E-state index in [0.717, 1.165) is 45.0 Å². The van der Waals surface area contributed by atoms with Gasteiger partial charge < -0.3 is 9.47 Å². The lowest BCUT2D eigenvalue weighted by Gasteiger charge is -2.35. The Morgan fingerprint density at radius 2 is 1.92 bits per heavy atom. The molecule has 0 atom stereocenters. The number of carbonyl (C=O) groups is 1. The highest BCUT2D eigenvalue weighted by Crippen LogP contribution is 2.26. The van der Waals surface area contributed by atoms with E-state index in [1.807, 2.05) is 4.90 Å². The smallest absolute Gasteiger partial charge is 0.270 e. The molecule has 1 fully saturated rings. The fourth-order valence-electron chi connectivity index (χ4n) is 3.83. The van der Waals surface area contributed by atoms with Crippen molar-refractivity contribution in [3.63, 3.8) is 0 Å². The van der Waals surface area contributed by atoms with Gasteiger partial charge in [0, 0.05) is 39.3 Å². The van der Waals surface area contributed by atoms with Crippen molar-refractivity contribution in [3.05, 3.63) is 58.6 Å². The van der Waals surface area contributed by atoms with E-state index in [4.69, 9.17) is 0 Å². The molecule has 0 aliphatic carbocycles. The largest absolute Gasteiger partial charge is 0.336 e. The number of thiophene rings is 1. The van der Waals surface area contributed by atoms with Crippen molar-refractivity contribution >= 4 is 27.5 Å². The van der Waals surface area contributed by atoms with Crippen LogP contribution in [-0.2, 0) is 13.1 Å². The third-order valence-corrected chi connectivity index (χ3v) is 6.06. The number of hydrogen-bond acceptors (Lipinski definition) is 3. The van der Waals surface area contributed by atoms with E-state index in [-0.39, 0.29) is 5.91 Å². The highest BCUT2D eigenvalue weighted by Gasteiger charge is 2.25. The van der Waals surface area contributed by atoms with E-state index >= 15 is 0 Å². The Bertz CT molecular complexity index is 918. The molecule has 0 unspecified atom stereocenters. The fraction of sp³-hybridized carbons (Fsp3) is 0.381. The summed E-state index contributed by atoms with van der Waals surface area (Å²) in [6.45, 7) is 9.49. The molecule has 136 valence electrons. The molecule has 26 heavy (non-hydrogen) atoms. The van der Waals surface area contributed by atoms with Crippen LogP contribution in [0, 0.1) is 6.92 Å². The number of carbonyl (C=O) groups excluding carboxylic acids is 1. The Labute approximate surface area is 158 Å². The lowest BCUT2D eigenvalue weighted by Crippen LogP contribution is -2.48. The topological polar surface area (TPSA) is 28.5 Å². The number of aromatic nitrogens is 1. The average Bonchev–Trinajstić information content (AvgIpc) is 3.22. The number of fused-ring (bicyclic) bond motifs is 1. The molecule has 1 saturated heterocycles. The molecular formula is C21H25N3OS. The van der Waals surface area contributed by atoms with Crippen molar-refractivity contribution in [3.8, 4) is 0 Å². The quantitative estimate of drug-likeness (QED) is 0.698. The van der Waals surface area contributed by atoms with Gasteiger partial charge >= 0.3 is 0 Å². The Kier molecular flexibility index (Phi) is 4.83. The minimum Gasteiger partial charge on any atom is -0.336 e. The second-order valence-corrected chi connectivity index (χ2v) is 7.95. The van der Waals surface area contributed by atoms with E-state index in [1.54, 1.807) is 11.3 Å². The van der Waals surface area contributed by atoms with Crippen LogP contribution in [0.1, 0.15) is 28.5 Å². The van der Waals surface area contributed by atoms with E-state index in [0.29, 0.717) is 0 Å². The number of nitrogens with zero attached hydrogens (tertiary/aromatic N) is 3. The zero-order valence-electron chi connectivity index (χ0n) is 15.4. The third kappa shape index (κ3) is 3.29. The van der Waals surface area contributed by atoms with Crippen molar-refractivity contribution in [2.75, 3.05) is 26.2 Å². The van der Waals surface area contributed by atoms with Gasteiger partial charge in [-0.05, 0) is 36.9 Å². The second kappa shape index (κ2) is 7.25. The predicted molar refractivity (Wildman–Crippen MR) is 108 cm³/mol. The van der Waals surface area contributed by atoms with Crippen LogP contribution in [0.25, 0.3) is 10.2 Å². The van der Waals surface area contributed by atoms with Crippen LogP contribution in [0.2, 0.25) is 0 Å². The molecule has 5 heteroatoms. The number of aryl methyl sites for hydroxylation is 2. The van der Waals surface area contributed by atoms with Gasteiger partial charge in [0.05, 0.1) is 10.2 Å². The maximum atomic E-state index is 13.0. The number of piperazine rings is 1. The third-order valence-electron chi connectivity index (χ3n) is 5.21. The molecule has 0 spiro atoms. The van der Waals surface area contributed by atoms with Gasteiger partial charge in [-0.15, -0.1) is 11.3 Å². The fourth-order valence-corrected chi connectivity index (χ4v) is 4.66. The number of hydrogen-bond donors (Lipinski definition) is 0. The molecule has 0 saturated carbocycles. The molecule has 1 amide bonds. The summed E-state index contributed by atoms with van der Waals surface area (Å²) in [5.74, 6) is 0.172. The summed E-state index contributed by atoms with van der Waals surface area (Å²) in [6, 6.07) is 12.9. The summed E-state index contributed by atoms with van der Waals surface area (Å²) in [6.07, 6.45) is 0. The second-order valence-electron chi connectivity index (χ2n) is 7.00.